The summed E-state index contributed by atoms with van der Waals surface area (Å²) >= 11 is 0. The molecule has 1 rings (SSSR count). The third-order valence-corrected chi connectivity index (χ3v) is 4.15. The van der Waals surface area contributed by atoms with Gasteiger partial charge in [0, 0.05) is 19.9 Å². The molecule has 0 saturated carbocycles. The summed E-state index contributed by atoms with van der Waals surface area (Å²) in [5, 5.41) is 0. The third kappa shape index (κ3) is 4.59. The highest BCUT2D eigenvalue weighted by atomic mass is 32.2. The van der Waals surface area contributed by atoms with Crippen molar-refractivity contribution in [2.45, 2.75) is 11.3 Å². The van der Waals surface area contributed by atoms with Gasteiger partial charge in [0.05, 0.1) is 35.7 Å². The number of methoxy groups -OCH3 is 1. The number of nitrogens with two attached hydrogens (primary N) is 1. The number of nitrogens with zero attached hydrogens (tertiary/aromatic N) is 1. The van der Waals surface area contributed by atoms with E-state index in [1.807, 2.05) is 0 Å². The lowest BCUT2D eigenvalue weighted by Crippen LogP contribution is -2.12. The fourth-order valence-electron chi connectivity index (χ4n) is 1.38. The molecule has 1 heterocycles. The minimum atomic E-state index is -3.36. The van der Waals surface area contributed by atoms with Crippen molar-refractivity contribution >= 4 is 15.5 Å². The molecule has 0 radical (unpaired) electrons. The van der Waals surface area contributed by atoms with Crippen molar-refractivity contribution in [3.8, 4) is 0 Å². The van der Waals surface area contributed by atoms with Crippen molar-refractivity contribution in [1.82, 2.24) is 4.98 Å². The van der Waals surface area contributed by atoms with E-state index in [2.05, 4.69) is 4.98 Å². The van der Waals surface area contributed by atoms with E-state index in [4.69, 9.17) is 15.2 Å². The maximum atomic E-state index is 12.0. The van der Waals surface area contributed by atoms with Gasteiger partial charge in [0.15, 0.2) is 9.84 Å². The Labute approximate surface area is 107 Å². The second kappa shape index (κ2) is 7.30. The maximum Gasteiger partial charge on any atom is 0.180 e. The zero-order chi connectivity index (χ0) is 13.4. The molecule has 0 aliphatic rings. The largest absolute Gasteiger partial charge is 0.396 e. The third-order valence-electron chi connectivity index (χ3n) is 2.28. The van der Waals surface area contributed by atoms with E-state index < -0.39 is 9.84 Å². The standard InChI is InChI=1S/C11H18N2O4S/c1-16-6-7-17-5-2-8-18(14,15)11-3-4-13-9-10(11)12/h3-4,9H,2,5-8,12H2,1H3. The molecular formula is C11H18N2O4S. The van der Waals surface area contributed by atoms with E-state index in [0.717, 1.165) is 0 Å². The highest BCUT2D eigenvalue weighted by molar-refractivity contribution is 7.91. The molecule has 1 aromatic heterocycles. The van der Waals surface area contributed by atoms with Gasteiger partial charge < -0.3 is 15.2 Å². The molecule has 0 atom stereocenters. The van der Waals surface area contributed by atoms with E-state index in [0.29, 0.717) is 26.2 Å². The molecule has 0 aliphatic heterocycles. The molecule has 0 spiro atoms. The van der Waals surface area contributed by atoms with Crippen molar-refractivity contribution in [3.05, 3.63) is 18.5 Å². The van der Waals surface area contributed by atoms with Gasteiger partial charge in [-0.3, -0.25) is 4.98 Å². The van der Waals surface area contributed by atoms with E-state index >= 15 is 0 Å². The number of anilines is 1. The normalized spacial score (nSPS) is 11.6. The lowest BCUT2D eigenvalue weighted by atomic mass is 10.4. The Hall–Kier alpha value is -1.18. The van der Waals surface area contributed by atoms with Crippen LogP contribution in [0.4, 0.5) is 5.69 Å². The van der Waals surface area contributed by atoms with Crippen LogP contribution in [0.15, 0.2) is 23.4 Å². The molecule has 0 aliphatic carbocycles. The van der Waals surface area contributed by atoms with Crippen LogP contribution in [-0.4, -0.2) is 46.1 Å². The van der Waals surface area contributed by atoms with Crippen LogP contribution < -0.4 is 5.73 Å². The highest BCUT2D eigenvalue weighted by Gasteiger charge is 2.16. The minimum absolute atomic E-state index is 0.00813. The number of pyridine rings is 1. The van der Waals surface area contributed by atoms with Gasteiger partial charge in [-0.1, -0.05) is 0 Å². The molecular weight excluding hydrogens is 256 g/mol. The predicted octanol–water partition coefficient (Wildman–Crippen LogP) is 0.491. The summed E-state index contributed by atoms with van der Waals surface area (Å²) in [6.45, 7) is 1.35. The number of ether oxygens (including phenoxy) is 2. The van der Waals surface area contributed by atoms with E-state index in [-0.39, 0.29) is 16.3 Å². The molecule has 18 heavy (non-hydrogen) atoms. The zero-order valence-corrected chi connectivity index (χ0v) is 11.1. The molecule has 102 valence electrons. The lowest BCUT2D eigenvalue weighted by molar-refractivity contribution is 0.0712. The number of sulfone groups is 1. The van der Waals surface area contributed by atoms with Crippen LogP contribution in [0.3, 0.4) is 0 Å². The molecule has 0 aromatic carbocycles. The average Bonchev–Trinajstić information content (AvgIpc) is 2.34. The summed E-state index contributed by atoms with van der Waals surface area (Å²) in [7, 11) is -1.78. The van der Waals surface area contributed by atoms with Crippen molar-refractivity contribution in [1.29, 1.82) is 0 Å². The number of hydrogen-bond donors (Lipinski definition) is 1. The number of nitrogen functional groups attached to an aromatic ring is 1. The Bertz CT molecular complexity index is 462. The van der Waals surface area contributed by atoms with Gasteiger partial charge in [-0.25, -0.2) is 8.42 Å². The smallest absolute Gasteiger partial charge is 0.180 e. The Balaban J connectivity index is 2.44. The predicted molar refractivity (Wildman–Crippen MR) is 68.0 cm³/mol. The summed E-state index contributed by atoms with van der Waals surface area (Å²) in [4.78, 5) is 3.89. The maximum absolute atomic E-state index is 12.0. The zero-order valence-electron chi connectivity index (χ0n) is 10.3. The second-order valence-corrected chi connectivity index (χ2v) is 5.77. The van der Waals surface area contributed by atoms with Gasteiger partial charge in [0.1, 0.15) is 0 Å². The van der Waals surface area contributed by atoms with Crippen LogP contribution in [0.1, 0.15) is 6.42 Å². The summed E-state index contributed by atoms with van der Waals surface area (Å²) < 4.78 is 33.9. The molecule has 1 aromatic rings. The topological polar surface area (TPSA) is 91.5 Å². The molecule has 0 amide bonds. The van der Waals surface area contributed by atoms with Gasteiger partial charge in [0.25, 0.3) is 0 Å². The first kappa shape index (κ1) is 14.9. The van der Waals surface area contributed by atoms with E-state index in [9.17, 15) is 8.42 Å². The summed E-state index contributed by atoms with van der Waals surface area (Å²) in [6.07, 6.45) is 3.17. The Morgan fingerprint density at radius 3 is 2.78 bits per heavy atom. The van der Waals surface area contributed by atoms with Crippen LogP contribution in [0, 0.1) is 0 Å². The van der Waals surface area contributed by atoms with E-state index in [1.165, 1.54) is 18.5 Å². The second-order valence-electron chi connectivity index (χ2n) is 3.69. The van der Waals surface area contributed by atoms with Crippen LogP contribution in [0.5, 0.6) is 0 Å². The van der Waals surface area contributed by atoms with Crippen LogP contribution in [0.25, 0.3) is 0 Å². The molecule has 2 N–H and O–H groups in total. The molecule has 7 heteroatoms. The molecule has 6 nitrogen and oxygen atoms in total. The van der Waals surface area contributed by atoms with Crippen LogP contribution in [0.2, 0.25) is 0 Å². The molecule has 0 unspecified atom stereocenters. The number of aromatic nitrogens is 1. The van der Waals surface area contributed by atoms with Gasteiger partial charge in [-0.05, 0) is 12.5 Å². The quantitative estimate of drug-likeness (QED) is 0.694. The van der Waals surface area contributed by atoms with Crippen molar-refractivity contribution < 1.29 is 17.9 Å². The summed E-state index contributed by atoms with van der Waals surface area (Å²) in [5.41, 5.74) is 5.77. The first-order valence-corrected chi connectivity index (χ1v) is 7.22. The Kier molecular flexibility index (Phi) is 6.03. The van der Waals surface area contributed by atoms with Gasteiger partial charge in [0.2, 0.25) is 0 Å². The minimum Gasteiger partial charge on any atom is -0.396 e. The molecule has 0 saturated heterocycles. The molecule has 0 bridgehead atoms. The van der Waals surface area contributed by atoms with Crippen molar-refractivity contribution in [2.24, 2.45) is 0 Å². The number of hydrogen-bond acceptors (Lipinski definition) is 6. The SMILES string of the molecule is COCCOCCCS(=O)(=O)c1ccncc1N. The van der Waals surface area contributed by atoms with Crippen LogP contribution >= 0.6 is 0 Å². The summed E-state index contributed by atoms with van der Waals surface area (Å²) in [5.74, 6) is 0.00813. The molecule has 0 fully saturated rings. The highest BCUT2D eigenvalue weighted by Crippen LogP contribution is 2.18. The average molecular weight is 274 g/mol. The van der Waals surface area contributed by atoms with E-state index in [1.54, 1.807) is 7.11 Å². The fraction of sp³-hybridized carbons (Fsp3) is 0.545. The van der Waals surface area contributed by atoms with Crippen molar-refractivity contribution in [2.75, 3.05) is 38.4 Å². The van der Waals surface area contributed by atoms with Gasteiger partial charge >= 0.3 is 0 Å². The fourth-order valence-corrected chi connectivity index (χ4v) is 2.78. The first-order chi connectivity index (χ1) is 8.58. The lowest BCUT2D eigenvalue weighted by Gasteiger charge is -2.07. The van der Waals surface area contributed by atoms with Crippen molar-refractivity contribution in [3.63, 3.8) is 0 Å². The number of rotatable bonds is 8. The Morgan fingerprint density at radius 2 is 2.11 bits per heavy atom. The summed E-state index contributed by atoms with van der Waals surface area (Å²) in [6, 6.07) is 1.41. The monoisotopic (exact) mass is 274 g/mol. The first-order valence-electron chi connectivity index (χ1n) is 5.57. The van der Waals surface area contributed by atoms with Gasteiger partial charge in [-0.15, -0.1) is 0 Å². The van der Waals surface area contributed by atoms with Crippen LogP contribution in [-0.2, 0) is 19.3 Å². The van der Waals surface area contributed by atoms with Gasteiger partial charge in [-0.2, -0.15) is 0 Å². The Morgan fingerprint density at radius 1 is 1.33 bits per heavy atom.